The van der Waals surface area contributed by atoms with E-state index in [0.29, 0.717) is 34.8 Å². The highest BCUT2D eigenvalue weighted by Gasteiger charge is 2.37. The van der Waals surface area contributed by atoms with E-state index in [-0.39, 0.29) is 30.4 Å². The summed E-state index contributed by atoms with van der Waals surface area (Å²) in [4.78, 5) is 29.0. The van der Waals surface area contributed by atoms with Crippen molar-refractivity contribution in [1.29, 1.82) is 0 Å². The lowest BCUT2D eigenvalue weighted by Crippen LogP contribution is -2.41. The maximum Gasteiger partial charge on any atom is 0.332 e. The Bertz CT molecular complexity index is 1600. The topological polar surface area (TPSA) is 139 Å². The minimum atomic E-state index is -1.23. The fourth-order valence-corrected chi connectivity index (χ4v) is 4.42. The number of hydrogen-bond acceptors (Lipinski definition) is 8. The van der Waals surface area contributed by atoms with E-state index in [2.05, 4.69) is 30.2 Å². The van der Waals surface area contributed by atoms with E-state index < -0.39 is 23.6 Å². The number of rotatable bonds is 6. The van der Waals surface area contributed by atoms with Gasteiger partial charge in [0.05, 0.1) is 30.5 Å². The normalized spacial score (nSPS) is 15.1. The van der Waals surface area contributed by atoms with Gasteiger partial charge in [-0.3, -0.25) is 4.68 Å². The van der Waals surface area contributed by atoms with Crippen LogP contribution in [0.1, 0.15) is 23.0 Å². The predicted molar refractivity (Wildman–Crippen MR) is 124 cm³/mol. The Hall–Kier alpha value is -4.94. The lowest BCUT2D eigenvalue weighted by Gasteiger charge is -2.33. The first-order valence-electron chi connectivity index (χ1n) is 11.3. The SMILES string of the molecule is O=C(O)C1c2nc[nH]c2CCN1c1nc(-c2cc(-c3ccon3)n(Cc3ccccc3F)n2)ncc1F. The molecule has 4 aromatic heterocycles. The second-order valence-corrected chi connectivity index (χ2v) is 8.36. The first-order chi connectivity index (χ1) is 18.0. The fourth-order valence-electron chi connectivity index (χ4n) is 4.42. The van der Waals surface area contributed by atoms with Crippen molar-refractivity contribution < 1.29 is 23.2 Å². The molecule has 0 bridgehead atoms. The molecule has 0 radical (unpaired) electrons. The molecule has 1 aliphatic rings. The van der Waals surface area contributed by atoms with Crippen molar-refractivity contribution in [2.75, 3.05) is 11.4 Å². The van der Waals surface area contributed by atoms with Gasteiger partial charge < -0.3 is 19.5 Å². The molecule has 186 valence electrons. The molecular formula is C24H18F2N8O3. The molecule has 0 saturated heterocycles. The van der Waals surface area contributed by atoms with Crippen LogP contribution in [-0.4, -0.2) is 52.5 Å². The Labute approximate surface area is 207 Å². The van der Waals surface area contributed by atoms with Crippen molar-refractivity contribution in [1.82, 2.24) is 34.9 Å². The summed E-state index contributed by atoms with van der Waals surface area (Å²) in [7, 11) is 0. The molecule has 0 saturated carbocycles. The molecule has 6 rings (SSSR count). The number of nitrogens with one attached hydrogen (secondary N) is 1. The maximum absolute atomic E-state index is 15.0. The number of aromatic amines is 1. The smallest absolute Gasteiger partial charge is 0.332 e. The average molecular weight is 504 g/mol. The number of benzene rings is 1. The molecule has 5 aromatic rings. The van der Waals surface area contributed by atoms with Gasteiger partial charge in [-0.2, -0.15) is 5.10 Å². The summed E-state index contributed by atoms with van der Waals surface area (Å²) in [5.41, 5.74) is 2.60. The highest BCUT2D eigenvalue weighted by molar-refractivity contribution is 5.80. The van der Waals surface area contributed by atoms with Crippen LogP contribution in [0.5, 0.6) is 0 Å². The molecule has 11 nitrogen and oxygen atoms in total. The van der Waals surface area contributed by atoms with E-state index in [1.54, 1.807) is 30.3 Å². The average Bonchev–Trinajstić information content (AvgIpc) is 3.66. The van der Waals surface area contributed by atoms with Crippen LogP contribution in [0.3, 0.4) is 0 Å². The van der Waals surface area contributed by atoms with Gasteiger partial charge >= 0.3 is 5.97 Å². The van der Waals surface area contributed by atoms with Gasteiger partial charge in [-0.05, 0) is 12.1 Å². The largest absolute Gasteiger partial charge is 0.479 e. The molecule has 1 aliphatic heterocycles. The molecule has 13 heteroatoms. The second kappa shape index (κ2) is 8.93. The zero-order valence-corrected chi connectivity index (χ0v) is 19.0. The summed E-state index contributed by atoms with van der Waals surface area (Å²) >= 11 is 0. The van der Waals surface area contributed by atoms with Gasteiger partial charge in [0.1, 0.15) is 23.5 Å². The highest BCUT2D eigenvalue weighted by atomic mass is 19.1. The van der Waals surface area contributed by atoms with Gasteiger partial charge in [0.2, 0.25) is 0 Å². The first kappa shape index (κ1) is 22.5. The number of H-pyrrole nitrogens is 1. The molecule has 0 spiro atoms. The third-order valence-electron chi connectivity index (χ3n) is 6.14. The fraction of sp³-hybridized carbons (Fsp3) is 0.167. The van der Waals surface area contributed by atoms with E-state index in [0.717, 1.165) is 6.20 Å². The third-order valence-corrected chi connectivity index (χ3v) is 6.14. The number of aliphatic carboxylic acids is 1. The van der Waals surface area contributed by atoms with E-state index in [4.69, 9.17) is 4.52 Å². The van der Waals surface area contributed by atoms with Crippen molar-refractivity contribution in [3.8, 4) is 22.9 Å². The number of carboxylic acid groups (broad SMARTS) is 1. The molecule has 0 fully saturated rings. The maximum atomic E-state index is 15.0. The summed E-state index contributed by atoms with van der Waals surface area (Å²) in [6.07, 6.45) is 4.22. The predicted octanol–water partition coefficient (Wildman–Crippen LogP) is 3.23. The van der Waals surface area contributed by atoms with Crippen LogP contribution in [0.2, 0.25) is 0 Å². The number of carboxylic acids is 1. The van der Waals surface area contributed by atoms with Crippen LogP contribution in [0.25, 0.3) is 22.9 Å². The van der Waals surface area contributed by atoms with Gasteiger partial charge in [0.15, 0.2) is 23.5 Å². The number of imidazole rings is 1. The molecule has 1 unspecified atom stereocenters. The summed E-state index contributed by atoms with van der Waals surface area (Å²) in [5.74, 6) is -2.48. The van der Waals surface area contributed by atoms with Gasteiger partial charge in [-0.25, -0.2) is 28.5 Å². The molecule has 5 heterocycles. The second-order valence-electron chi connectivity index (χ2n) is 8.36. The monoisotopic (exact) mass is 504 g/mol. The van der Waals surface area contributed by atoms with Crippen LogP contribution in [0, 0.1) is 11.6 Å². The van der Waals surface area contributed by atoms with Crippen molar-refractivity contribution in [2.24, 2.45) is 0 Å². The Kier molecular flexibility index (Phi) is 5.44. The molecule has 1 aromatic carbocycles. The molecule has 2 N–H and O–H groups in total. The number of anilines is 1. The van der Waals surface area contributed by atoms with Gasteiger partial charge in [-0.1, -0.05) is 23.4 Å². The van der Waals surface area contributed by atoms with Gasteiger partial charge in [0, 0.05) is 30.3 Å². The molecular weight excluding hydrogens is 486 g/mol. The quantitative estimate of drug-likeness (QED) is 0.357. The minimum absolute atomic E-state index is 0.0605. The van der Waals surface area contributed by atoms with Crippen LogP contribution >= 0.6 is 0 Å². The van der Waals surface area contributed by atoms with Crippen LogP contribution in [-0.2, 0) is 17.8 Å². The summed E-state index contributed by atoms with van der Waals surface area (Å²) in [6, 6.07) is 8.34. The third kappa shape index (κ3) is 3.99. The summed E-state index contributed by atoms with van der Waals surface area (Å²) in [5, 5.41) is 18.4. The minimum Gasteiger partial charge on any atom is -0.479 e. The molecule has 0 amide bonds. The molecule has 1 atom stereocenters. The number of fused-ring (bicyclic) bond motifs is 1. The number of aromatic nitrogens is 7. The Morgan fingerprint density at radius 2 is 2.03 bits per heavy atom. The summed E-state index contributed by atoms with van der Waals surface area (Å²) < 4.78 is 35.8. The number of nitrogens with zero attached hydrogens (tertiary/aromatic N) is 7. The van der Waals surface area contributed by atoms with Crippen LogP contribution in [0.4, 0.5) is 14.6 Å². The Morgan fingerprint density at radius 1 is 1.16 bits per heavy atom. The lowest BCUT2D eigenvalue weighted by molar-refractivity contribution is -0.139. The zero-order chi connectivity index (χ0) is 25.5. The zero-order valence-electron chi connectivity index (χ0n) is 19.0. The van der Waals surface area contributed by atoms with E-state index in [9.17, 15) is 18.7 Å². The van der Waals surface area contributed by atoms with E-state index in [1.807, 2.05) is 0 Å². The van der Waals surface area contributed by atoms with Crippen molar-refractivity contribution >= 4 is 11.8 Å². The van der Waals surface area contributed by atoms with Crippen molar-refractivity contribution in [3.63, 3.8) is 0 Å². The van der Waals surface area contributed by atoms with Crippen LogP contribution < -0.4 is 4.90 Å². The van der Waals surface area contributed by atoms with E-state index >= 15 is 0 Å². The Balaban J connectivity index is 1.42. The first-order valence-corrected chi connectivity index (χ1v) is 11.3. The van der Waals surface area contributed by atoms with Gasteiger partial charge in [-0.15, -0.1) is 0 Å². The van der Waals surface area contributed by atoms with Gasteiger partial charge in [0.25, 0.3) is 0 Å². The molecule has 0 aliphatic carbocycles. The van der Waals surface area contributed by atoms with Crippen molar-refractivity contribution in [2.45, 2.75) is 19.0 Å². The Morgan fingerprint density at radius 3 is 2.81 bits per heavy atom. The number of halogens is 2. The van der Waals surface area contributed by atoms with E-state index in [1.165, 1.54) is 28.2 Å². The number of carbonyl (C=O) groups is 1. The summed E-state index contributed by atoms with van der Waals surface area (Å²) in [6.45, 7) is 0.281. The standard InChI is InChI=1S/C24H18F2N8O3/c25-14-4-2-1-3-13(14)11-34-19(16-6-8-37-32-16)9-18(31-34)22-27-10-15(26)23(30-22)33-7-5-17-20(29-12-28-17)21(33)24(35)36/h1-4,6,8-10,12,21H,5,7,11H2,(H,28,29)(H,35,36). The van der Waals surface area contributed by atoms with Crippen molar-refractivity contribution in [3.05, 3.63) is 83.8 Å². The van der Waals surface area contributed by atoms with Crippen LogP contribution in [0.15, 0.2) is 59.7 Å². The lowest BCUT2D eigenvalue weighted by atomic mass is 10.0. The molecule has 37 heavy (non-hydrogen) atoms. The number of hydrogen-bond donors (Lipinski definition) is 2. The highest BCUT2D eigenvalue weighted by Crippen LogP contribution is 2.34.